The first-order valence-electron chi connectivity index (χ1n) is 4.51. The van der Waals surface area contributed by atoms with E-state index in [0.717, 1.165) is 0 Å². The fraction of sp³-hybridized carbons (Fsp3) is 0.889. The Labute approximate surface area is 82.4 Å². The lowest BCUT2D eigenvalue weighted by molar-refractivity contribution is -0.147. The Morgan fingerprint density at radius 1 is 1.31 bits per heavy atom. The van der Waals surface area contributed by atoms with Gasteiger partial charge in [-0.25, -0.2) is 0 Å². The van der Waals surface area contributed by atoms with Crippen molar-refractivity contribution < 1.29 is 14.3 Å². The summed E-state index contributed by atoms with van der Waals surface area (Å²) < 4.78 is 10.4. The summed E-state index contributed by atoms with van der Waals surface area (Å²) in [5.41, 5.74) is -0.147. The Kier molecular flexibility index (Phi) is 6.27. The molecule has 0 spiro atoms. The molecule has 0 aromatic rings. The molecule has 3 atom stereocenters. The summed E-state index contributed by atoms with van der Waals surface area (Å²) in [6, 6.07) is 0. The molecule has 78 valence electrons. The number of hydrogen-bond acceptors (Lipinski definition) is 3. The topological polar surface area (TPSA) is 35.5 Å². The number of carbonyl (C=O) groups excluding carboxylic acids is 1. The first kappa shape index (κ1) is 12.9. The van der Waals surface area contributed by atoms with Crippen LogP contribution in [0.1, 0.15) is 27.7 Å². The van der Waals surface area contributed by atoms with Crippen molar-refractivity contribution in [3.8, 4) is 0 Å². The van der Waals surface area contributed by atoms with Crippen molar-refractivity contribution in [1.82, 2.24) is 0 Å². The molecule has 13 heavy (non-hydrogen) atoms. The SMILES string of the molecule is CC(C)OC(C)COC(=O)C(C)P. The maximum atomic E-state index is 11.0. The number of hydrogen-bond donors (Lipinski definition) is 0. The Balaban J connectivity index is 3.58. The van der Waals surface area contributed by atoms with Gasteiger partial charge < -0.3 is 9.47 Å². The molecule has 0 heterocycles. The van der Waals surface area contributed by atoms with E-state index in [4.69, 9.17) is 9.47 Å². The largest absolute Gasteiger partial charge is 0.462 e. The molecule has 3 unspecified atom stereocenters. The minimum atomic E-state index is -0.204. The molecule has 0 aliphatic carbocycles. The van der Waals surface area contributed by atoms with Crippen molar-refractivity contribution in [3.05, 3.63) is 0 Å². The second kappa shape index (κ2) is 6.33. The van der Waals surface area contributed by atoms with E-state index in [0.29, 0.717) is 6.61 Å². The van der Waals surface area contributed by atoms with Crippen molar-refractivity contribution in [3.63, 3.8) is 0 Å². The molecule has 0 aliphatic rings. The maximum absolute atomic E-state index is 11.0. The predicted molar refractivity (Wildman–Crippen MR) is 55.8 cm³/mol. The van der Waals surface area contributed by atoms with E-state index < -0.39 is 0 Å². The van der Waals surface area contributed by atoms with Crippen LogP contribution in [0.15, 0.2) is 0 Å². The average Bonchev–Trinajstić information content (AvgIpc) is 1.98. The van der Waals surface area contributed by atoms with Crippen LogP contribution in [0.3, 0.4) is 0 Å². The quantitative estimate of drug-likeness (QED) is 0.506. The predicted octanol–water partition coefficient (Wildman–Crippen LogP) is 1.61. The van der Waals surface area contributed by atoms with E-state index in [-0.39, 0.29) is 23.8 Å². The normalized spacial score (nSPS) is 15.5. The lowest BCUT2D eigenvalue weighted by Gasteiger charge is -2.16. The van der Waals surface area contributed by atoms with Gasteiger partial charge in [0.25, 0.3) is 0 Å². The van der Waals surface area contributed by atoms with E-state index in [1.807, 2.05) is 20.8 Å². The Morgan fingerprint density at radius 2 is 1.85 bits per heavy atom. The van der Waals surface area contributed by atoms with Gasteiger partial charge in [-0.2, -0.15) is 0 Å². The van der Waals surface area contributed by atoms with Gasteiger partial charge in [-0.15, -0.1) is 9.24 Å². The van der Waals surface area contributed by atoms with Crippen LogP contribution < -0.4 is 0 Å². The van der Waals surface area contributed by atoms with E-state index in [9.17, 15) is 4.79 Å². The number of ether oxygens (including phenoxy) is 2. The number of carbonyl (C=O) groups is 1. The van der Waals surface area contributed by atoms with Crippen LogP contribution in [0.5, 0.6) is 0 Å². The highest BCUT2D eigenvalue weighted by atomic mass is 31.0. The van der Waals surface area contributed by atoms with Crippen LogP contribution in [0.25, 0.3) is 0 Å². The molecule has 0 aliphatic heterocycles. The molecule has 3 nitrogen and oxygen atoms in total. The smallest absolute Gasteiger partial charge is 0.312 e. The fourth-order valence-corrected chi connectivity index (χ4v) is 0.931. The van der Waals surface area contributed by atoms with Crippen LogP contribution >= 0.6 is 9.24 Å². The van der Waals surface area contributed by atoms with E-state index in [2.05, 4.69) is 9.24 Å². The summed E-state index contributed by atoms with van der Waals surface area (Å²) in [7, 11) is 2.40. The fourth-order valence-electron chi connectivity index (χ4n) is 0.835. The zero-order valence-corrected chi connectivity index (χ0v) is 9.90. The molecule has 0 saturated heterocycles. The van der Waals surface area contributed by atoms with Crippen LogP contribution in [0.4, 0.5) is 0 Å². The zero-order valence-electron chi connectivity index (χ0n) is 8.74. The summed E-state index contributed by atoms with van der Waals surface area (Å²) in [5, 5.41) is 0. The second-order valence-electron chi connectivity index (χ2n) is 3.41. The summed E-state index contributed by atoms with van der Waals surface area (Å²) in [5.74, 6) is -0.204. The molecule has 0 amide bonds. The lowest BCUT2D eigenvalue weighted by Crippen LogP contribution is -2.24. The van der Waals surface area contributed by atoms with Gasteiger partial charge in [-0.05, 0) is 27.7 Å². The van der Waals surface area contributed by atoms with Crippen molar-refractivity contribution >= 4 is 15.2 Å². The molecular weight excluding hydrogens is 187 g/mol. The van der Waals surface area contributed by atoms with Crippen LogP contribution in [0, 0.1) is 0 Å². The molecule has 0 aromatic heterocycles. The monoisotopic (exact) mass is 206 g/mol. The second-order valence-corrected chi connectivity index (χ2v) is 4.41. The van der Waals surface area contributed by atoms with E-state index in [1.165, 1.54) is 0 Å². The van der Waals surface area contributed by atoms with Gasteiger partial charge in [-0.1, -0.05) is 0 Å². The van der Waals surface area contributed by atoms with Gasteiger partial charge >= 0.3 is 5.97 Å². The summed E-state index contributed by atoms with van der Waals surface area (Å²) in [4.78, 5) is 11.0. The van der Waals surface area contributed by atoms with Gasteiger partial charge in [0, 0.05) is 0 Å². The van der Waals surface area contributed by atoms with Gasteiger partial charge in [0.15, 0.2) is 0 Å². The van der Waals surface area contributed by atoms with Crippen LogP contribution in [0.2, 0.25) is 0 Å². The molecular formula is C9H19O3P. The summed E-state index contributed by atoms with van der Waals surface area (Å²) in [6.45, 7) is 7.91. The highest BCUT2D eigenvalue weighted by Crippen LogP contribution is 2.03. The molecule has 0 radical (unpaired) electrons. The third-order valence-electron chi connectivity index (χ3n) is 1.34. The first-order chi connectivity index (χ1) is 5.93. The minimum Gasteiger partial charge on any atom is -0.462 e. The zero-order chi connectivity index (χ0) is 10.4. The Bertz CT molecular complexity index is 157. The van der Waals surface area contributed by atoms with E-state index in [1.54, 1.807) is 6.92 Å². The van der Waals surface area contributed by atoms with Crippen LogP contribution in [-0.2, 0) is 14.3 Å². The summed E-state index contributed by atoms with van der Waals surface area (Å²) in [6.07, 6.45) is 0.134. The molecule has 0 rings (SSSR count). The molecule has 0 fully saturated rings. The molecule has 0 bridgehead atoms. The van der Waals surface area contributed by atoms with Gasteiger partial charge in [0.2, 0.25) is 0 Å². The van der Waals surface area contributed by atoms with Crippen molar-refractivity contribution in [2.45, 2.75) is 45.6 Å². The lowest BCUT2D eigenvalue weighted by atomic mass is 10.4. The standard InChI is InChI=1S/C9H19O3P/c1-6(2)12-7(3)5-11-9(10)8(4)13/h6-8H,5,13H2,1-4H3. The molecule has 0 aromatic carbocycles. The third-order valence-corrected chi connectivity index (χ3v) is 1.61. The minimum absolute atomic E-state index is 0.0345. The van der Waals surface area contributed by atoms with Crippen molar-refractivity contribution in [1.29, 1.82) is 0 Å². The molecule has 4 heteroatoms. The summed E-state index contributed by atoms with van der Waals surface area (Å²) >= 11 is 0. The molecule has 0 N–H and O–H groups in total. The van der Waals surface area contributed by atoms with E-state index >= 15 is 0 Å². The maximum Gasteiger partial charge on any atom is 0.312 e. The number of esters is 1. The number of rotatable bonds is 5. The third kappa shape index (κ3) is 6.97. The van der Waals surface area contributed by atoms with Gasteiger partial charge in [0.1, 0.15) is 6.61 Å². The van der Waals surface area contributed by atoms with Gasteiger partial charge in [0.05, 0.1) is 17.9 Å². The van der Waals surface area contributed by atoms with Crippen molar-refractivity contribution in [2.24, 2.45) is 0 Å². The Morgan fingerprint density at radius 3 is 2.23 bits per heavy atom. The van der Waals surface area contributed by atoms with Crippen LogP contribution in [-0.4, -0.2) is 30.4 Å². The molecule has 0 saturated carbocycles. The Hall–Kier alpha value is -0.140. The van der Waals surface area contributed by atoms with Crippen molar-refractivity contribution in [2.75, 3.05) is 6.61 Å². The highest BCUT2D eigenvalue weighted by Gasteiger charge is 2.11. The first-order valence-corrected chi connectivity index (χ1v) is 5.17. The van der Waals surface area contributed by atoms with Gasteiger partial charge in [-0.3, -0.25) is 4.79 Å². The highest BCUT2D eigenvalue weighted by molar-refractivity contribution is 7.19. The average molecular weight is 206 g/mol.